The Morgan fingerprint density at radius 3 is 2.35 bits per heavy atom. The molecule has 1 N–H and O–H groups in total. The second-order valence-corrected chi connectivity index (χ2v) is 5.33. The molecule has 0 fully saturated rings. The van der Waals surface area contributed by atoms with Crippen LogP contribution in [-0.2, 0) is 6.18 Å². The van der Waals surface area contributed by atoms with E-state index in [-0.39, 0.29) is 6.04 Å². The molecule has 2 rings (SSSR count). The molecule has 0 amide bonds. The zero-order valence-corrected chi connectivity index (χ0v) is 12.0. The van der Waals surface area contributed by atoms with E-state index in [4.69, 9.17) is 0 Å². The number of hydrogen-bond donors (Lipinski definition) is 1. The standard InChI is InChI=1S/C14H15F3N2S/c1-3-18-12(13-19-9(2)8-20-13)10-4-6-11(7-5-10)14(15,16)17/h4-8,12,18H,3H2,1-2H3. The number of benzene rings is 1. The van der Waals surface area contributed by atoms with Gasteiger partial charge in [0.05, 0.1) is 11.6 Å². The van der Waals surface area contributed by atoms with Crippen molar-refractivity contribution in [1.29, 1.82) is 0 Å². The zero-order chi connectivity index (χ0) is 14.8. The number of alkyl halides is 3. The van der Waals surface area contributed by atoms with Gasteiger partial charge in [0, 0.05) is 11.1 Å². The first-order valence-electron chi connectivity index (χ1n) is 6.24. The van der Waals surface area contributed by atoms with Gasteiger partial charge in [-0.25, -0.2) is 4.98 Å². The first-order chi connectivity index (χ1) is 9.41. The highest BCUT2D eigenvalue weighted by Gasteiger charge is 2.30. The third-order valence-electron chi connectivity index (χ3n) is 2.86. The van der Waals surface area contributed by atoms with E-state index in [2.05, 4.69) is 10.3 Å². The molecule has 1 atom stereocenters. The minimum Gasteiger partial charge on any atom is -0.305 e. The topological polar surface area (TPSA) is 24.9 Å². The Labute approximate surface area is 119 Å². The van der Waals surface area contributed by atoms with Gasteiger partial charge >= 0.3 is 6.18 Å². The number of hydrogen-bond acceptors (Lipinski definition) is 3. The normalized spacial score (nSPS) is 13.4. The molecule has 1 heterocycles. The predicted molar refractivity (Wildman–Crippen MR) is 73.8 cm³/mol. The smallest absolute Gasteiger partial charge is 0.305 e. The number of thiazole rings is 1. The molecule has 20 heavy (non-hydrogen) atoms. The maximum absolute atomic E-state index is 12.6. The molecule has 1 aromatic carbocycles. The third kappa shape index (κ3) is 3.37. The van der Waals surface area contributed by atoms with Gasteiger partial charge in [-0.3, -0.25) is 0 Å². The number of aromatic nitrogens is 1. The maximum atomic E-state index is 12.6. The molecule has 0 aliphatic carbocycles. The quantitative estimate of drug-likeness (QED) is 0.916. The third-order valence-corrected chi connectivity index (χ3v) is 3.89. The van der Waals surface area contributed by atoms with Gasteiger partial charge in [-0.15, -0.1) is 11.3 Å². The number of aryl methyl sites for hydroxylation is 1. The van der Waals surface area contributed by atoms with E-state index in [1.54, 1.807) is 0 Å². The van der Waals surface area contributed by atoms with Crippen LogP contribution in [0.3, 0.4) is 0 Å². The molecular formula is C14H15F3N2S. The van der Waals surface area contributed by atoms with Crippen molar-refractivity contribution < 1.29 is 13.2 Å². The van der Waals surface area contributed by atoms with Gasteiger partial charge in [-0.2, -0.15) is 13.2 Å². The molecule has 0 bridgehead atoms. The molecule has 0 saturated heterocycles. The van der Waals surface area contributed by atoms with Gasteiger partial charge in [0.15, 0.2) is 0 Å². The van der Waals surface area contributed by atoms with Gasteiger partial charge in [0.25, 0.3) is 0 Å². The van der Waals surface area contributed by atoms with Crippen LogP contribution < -0.4 is 5.32 Å². The summed E-state index contributed by atoms with van der Waals surface area (Å²) in [4.78, 5) is 4.41. The van der Waals surface area contributed by atoms with Crippen molar-refractivity contribution in [1.82, 2.24) is 10.3 Å². The second-order valence-electron chi connectivity index (χ2n) is 4.44. The van der Waals surface area contributed by atoms with Crippen molar-refractivity contribution in [2.24, 2.45) is 0 Å². The molecule has 0 aliphatic heterocycles. The van der Waals surface area contributed by atoms with Gasteiger partial charge < -0.3 is 5.32 Å². The van der Waals surface area contributed by atoms with Crippen LogP contribution in [0.4, 0.5) is 13.2 Å². The van der Waals surface area contributed by atoms with Crippen LogP contribution in [0.25, 0.3) is 0 Å². The molecular weight excluding hydrogens is 285 g/mol. The number of nitrogens with zero attached hydrogens (tertiary/aromatic N) is 1. The van der Waals surface area contributed by atoms with Crippen LogP contribution in [0.5, 0.6) is 0 Å². The average Bonchev–Trinajstić information content (AvgIpc) is 2.81. The van der Waals surface area contributed by atoms with Crippen molar-refractivity contribution in [2.75, 3.05) is 6.54 Å². The Hall–Kier alpha value is -1.40. The van der Waals surface area contributed by atoms with Crippen LogP contribution in [0, 0.1) is 6.92 Å². The van der Waals surface area contributed by atoms with E-state index in [1.165, 1.54) is 23.5 Å². The Morgan fingerprint density at radius 1 is 1.25 bits per heavy atom. The largest absolute Gasteiger partial charge is 0.416 e. The first kappa shape index (κ1) is 15.0. The average molecular weight is 300 g/mol. The molecule has 0 radical (unpaired) electrons. The van der Waals surface area contributed by atoms with Crippen molar-refractivity contribution in [3.05, 3.63) is 51.5 Å². The molecule has 108 valence electrons. The lowest BCUT2D eigenvalue weighted by Gasteiger charge is -2.16. The highest BCUT2D eigenvalue weighted by Crippen LogP contribution is 2.31. The van der Waals surface area contributed by atoms with Crippen molar-refractivity contribution >= 4 is 11.3 Å². The van der Waals surface area contributed by atoms with Crippen molar-refractivity contribution in [2.45, 2.75) is 26.1 Å². The number of nitrogens with one attached hydrogen (secondary N) is 1. The summed E-state index contributed by atoms with van der Waals surface area (Å²) in [5.41, 5.74) is 1.07. The fourth-order valence-electron chi connectivity index (χ4n) is 1.92. The van der Waals surface area contributed by atoms with Gasteiger partial charge in [-0.05, 0) is 31.2 Å². The molecule has 0 spiro atoms. The van der Waals surface area contributed by atoms with Gasteiger partial charge in [0.2, 0.25) is 0 Å². The second kappa shape index (κ2) is 5.93. The van der Waals surface area contributed by atoms with Crippen LogP contribution >= 0.6 is 11.3 Å². The fourth-order valence-corrected chi connectivity index (χ4v) is 2.82. The minimum absolute atomic E-state index is 0.166. The van der Waals surface area contributed by atoms with Crippen molar-refractivity contribution in [3.8, 4) is 0 Å². The number of halogens is 3. The van der Waals surface area contributed by atoms with Crippen LogP contribution in [-0.4, -0.2) is 11.5 Å². The Kier molecular flexibility index (Phi) is 4.45. The lowest BCUT2D eigenvalue weighted by atomic mass is 10.0. The maximum Gasteiger partial charge on any atom is 0.416 e. The lowest BCUT2D eigenvalue weighted by molar-refractivity contribution is -0.137. The minimum atomic E-state index is -4.30. The Bertz CT molecular complexity index is 561. The highest BCUT2D eigenvalue weighted by molar-refractivity contribution is 7.09. The highest BCUT2D eigenvalue weighted by atomic mass is 32.1. The molecule has 6 heteroatoms. The summed E-state index contributed by atoms with van der Waals surface area (Å²) in [6.45, 7) is 4.57. The van der Waals surface area contributed by atoms with E-state index in [9.17, 15) is 13.2 Å². The van der Waals surface area contributed by atoms with E-state index in [0.29, 0.717) is 6.54 Å². The summed E-state index contributed by atoms with van der Waals surface area (Å²) in [6, 6.07) is 5.07. The SMILES string of the molecule is CCNC(c1ccc(C(F)(F)F)cc1)c1nc(C)cs1. The monoisotopic (exact) mass is 300 g/mol. The summed E-state index contributed by atoms with van der Waals surface area (Å²) < 4.78 is 37.7. The van der Waals surface area contributed by atoms with E-state index >= 15 is 0 Å². The predicted octanol–water partition coefficient (Wildman–Crippen LogP) is 4.17. The van der Waals surface area contributed by atoms with Crippen LogP contribution in [0.1, 0.15) is 34.8 Å². The zero-order valence-electron chi connectivity index (χ0n) is 11.2. The lowest BCUT2D eigenvalue weighted by Crippen LogP contribution is -2.22. The molecule has 1 unspecified atom stereocenters. The summed E-state index contributed by atoms with van der Waals surface area (Å²) in [5.74, 6) is 0. The van der Waals surface area contributed by atoms with E-state index in [0.717, 1.165) is 28.4 Å². The first-order valence-corrected chi connectivity index (χ1v) is 7.12. The molecule has 1 aromatic heterocycles. The fraction of sp³-hybridized carbons (Fsp3) is 0.357. The van der Waals surface area contributed by atoms with Crippen LogP contribution in [0.2, 0.25) is 0 Å². The summed E-state index contributed by atoms with van der Waals surface area (Å²) in [6.07, 6.45) is -4.30. The molecule has 2 aromatic rings. The summed E-state index contributed by atoms with van der Waals surface area (Å²) >= 11 is 1.51. The Balaban J connectivity index is 2.30. The van der Waals surface area contributed by atoms with E-state index in [1.807, 2.05) is 19.2 Å². The summed E-state index contributed by atoms with van der Waals surface area (Å²) in [5, 5.41) is 6.05. The van der Waals surface area contributed by atoms with Gasteiger partial charge in [-0.1, -0.05) is 19.1 Å². The molecule has 0 aliphatic rings. The van der Waals surface area contributed by atoms with E-state index < -0.39 is 11.7 Å². The van der Waals surface area contributed by atoms with Crippen LogP contribution in [0.15, 0.2) is 29.6 Å². The van der Waals surface area contributed by atoms with Gasteiger partial charge in [0.1, 0.15) is 5.01 Å². The Morgan fingerprint density at radius 2 is 1.90 bits per heavy atom. The number of rotatable bonds is 4. The molecule has 2 nitrogen and oxygen atoms in total. The molecule has 0 saturated carbocycles. The summed E-state index contributed by atoms with van der Waals surface area (Å²) in [7, 11) is 0. The van der Waals surface area contributed by atoms with Crippen molar-refractivity contribution in [3.63, 3.8) is 0 Å².